The number of carbonyl (C=O) groups is 2. The van der Waals surface area contributed by atoms with Crippen LogP contribution in [0.5, 0.6) is 23.0 Å². The van der Waals surface area contributed by atoms with E-state index in [9.17, 15) is 24.9 Å². The fourth-order valence-corrected chi connectivity index (χ4v) is 3.84. The van der Waals surface area contributed by atoms with E-state index in [0.29, 0.717) is 41.5 Å². The molecule has 1 unspecified atom stereocenters. The minimum absolute atomic E-state index is 0.00949. The Hall–Kier alpha value is -3.52. The van der Waals surface area contributed by atoms with E-state index in [1.165, 1.54) is 19.1 Å². The average molecular weight is 471 g/mol. The molecule has 0 radical (unpaired) electrons. The zero-order valence-corrected chi connectivity index (χ0v) is 19.8. The molecular formula is C26H30O8. The SMILES string of the molecule is CCCc1c(Oc2c(C(=O)O)oc3c(CCC)ccc(OCC(C)O)c23)ccc(C(C)=O)c1O. The van der Waals surface area contributed by atoms with Gasteiger partial charge in [-0.1, -0.05) is 32.8 Å². The second-order valence-corrected chi connectivity index (χ2v) is 8.25. The second kappa shape index (κ2) is 10.6. The molecule has 8 heteroatoms. The average Bonchev–Trinajstić information content (AvgIpc) is 3.15. The molecule has 1 aromatic heterocycles. The molecule has 0 saturated carbocycles. The van der Waals surface area contributed by atoms with E-state index in [0.717, 1.165) is 12.0 Å². The van der Waals surface area contributed by atoms with Crippen molar-refractivity contribution in [2.24, 2.45) is 0 Å². The fraction of sp³-hybridized carbons (Fsp3) is 0.385. The molecule has 1 heterocycles. The number of phenolic OH excluding ortho intramolecular Hbond substituents is 1. The summed E-state index contributed by atoms with van der Waals surface area (Å²) in [6.45, 7) is 6.84. The quantitative estimate of drug-likeness (QED) is 0.314. The first-order chi connectivity index (χ1) is 16.2. The van der Waals surface area contributed by atoms with Crippen molar-refractivity contribution >= 4 is 22.7 Å². The molecule has 3 aromatic rings. The van der Waals surface area contributed by atoms with E-state index in [1.54, 1.807) is 19.1 Å². The largest absolute Gasteiger partial charge is 0.507 e. The molecule has 0 fully saturated rings. The van der Waals surface area contributed by atoms with Gasteiger partial charge in [0.25, 0.3) is 5.76 Å². The first kappa shape index (κ1) is 25.1. The van der Waals surface area contributed by atoms with Gasteiger partial charge in [0, 0.05) is 5.56 Å². The summed E-state index contributed by atoms with van der Waals surface area (Å²) in [5.41, 5.74) is 1.69. The van der Waals surface area contributed by atoms with Crippen molar-refractivity contribution in [2.75, 3.05) is 6.61 Å². The maximum absolute atomic E-state index is 12.1. The number of ketones is 1. The van der Waals surface area contributed by atoms with Crippen molar-refractivity contribution in [3.8, 4) is 23.0 Å². The molecule has 0 aliphatic rings. The Bertz CT molecular complexity index is 1210. The van der Waals surface area contributed by atoms with Crippen LogP contribution in [0.3, 0.4) is 0 Å². The molecule has 0 saturated heterocycles. The molecule has 3 rings (SSSR count). The van der Waals surface area contributed by atoms with E-state index in [4.69, 9.17) is 13.9 Å². The standard InChI is InChI=1S/C26H30O8/c1-5-7-16-9-11-20(32-13-14(3)27)21-23(16)34-25(26(30)31)24(21)33-19-12-10-17(15(4)28)22(29)18(19)8-6-2/h9-12,14,27,29H,5-8,13H2,1-4H3,(H,30,31). The molecule has 0 bridgehead atoms. The smallest absolute Gasteiger partial charge is 0.375 e. The monoisotopic (exact) mass is 470 g/mol. The first-order valence-electron chi connectivity index (χ1n) is 11.4. The number of phenols is 1. The van der Waals surface area contributed by atoms with Crippen LogP contribution in [0.15, 0.2) is 28.7 Å². The Morgan fingerprint density at radius 1 is 1.06 bits per heavy atom. The summed E-state index contributed by atoms with van der Waals surface area (Å²) in [7, 11) is 0. The molecule has 0 aliphatic heterocycles. The van der Waals surface area contributed by atoms with Crippen LogP contribution in [0.1, 0.15) is 72.6 Å². The highest BCUT2D eigenvalue weighted by molar-refractivity contribution is 6.02. The van der Waals surface area contributed by atoms with Crippen molar-refractivity contribution in [1.29, 1.82) is 0 Å². The van der Waals surface area contributed by atoms with Gasteiger partial charge in [-0.3, -0.25) is 4.79 Å². The van der Waals surface area contributed by atoms with Crippen LogP contribution in [0.4, 0.5) is 0 Å². The highest BCUT2D eigenvalue weighted by Gasteiger charge is 2.28. The lowest BCUT2D eigenvalue weighted by atomic mass is 10.0. The van der Waals surface area contributed by atoms with Gasteiger partial charge in [0.2, 0.25) is 0 Å². The van der Waals surface area contributed by atoms with Gasteiger partial charge in [-0.2, -0.15) is 0 Å². The molecule has 182 valence electrons. The Morgan fingerprint density at radius 3 is 2.32 bits per heavy atom. The van der Waals surface area contributed by atoms with Crippen molar-refractivity contribution in [3.05, 3.63) is 46.7 Å². The predicted octanol–water partition coefficient (Wildman–Crippen LogP) is 5.50. The summed E-state index contributed by atoms with van der Waals surface area (Å²) in [5, 5.41) is 30.6. The summed E-state index contributed by atoms with van der Waals surface area (Å²) < 4.78 is 17.6. The zero-order chi connectivity index (χ0) is 25.0. The summed E-state index contributed by atoms with van der Waals surface area (Å²) in [4.78, 5) is 24.0. The number of aryl methyl sites for hydroxylation is 1. The number of aromatic hydroxyl groups is 1. The van der Waals surface area contributed by atoms with E-state index < -0.39 is 17.8 Å². The number of carboxylic acids is 1. The number of carbonyl (C=O) groups excluding carboxylic acids is 1. The second-order valence-electron chi connectivity index (χ2n) is 8.25. The summed E-state index contributed by atoms with van der Waals surface area (Å²) >= 11 is 0. The van der Waals surface area contributed by atoms with Gasteiger partial charge < -0.3 is 29.2 Å². The highest BCUT2D eigenvalue weighted by atomic mass is 16.5. The van der Waals surface area contributed by atoms with Crippen LogP contribution in [0, 0.1) is 0 Å². The lowest BCUT2D eigenvalue weighted by Gasteiger charge is -2.15. The van der Waals surface area contributed by atoms with Crippen LogP contribution in [0.2, 0.25) is 0 Å². The maximum Gasteiger partial charge on any atom is 0.375 e. The number of benzene rings is 2. The summed E-state index contributed by atoms with van der Waals surface area (Å²) in [5.74, 6) is -1.74. The van der Waals surface area contributed by atoms with Crippen molar-refractivity contribution in [2.45, 2.75) is 59.5 Å². The van der Waals surface area contributed by atoms with Crippen molar-refractivity contribution in [3.63, 3.8) is 0 Å². The normalized spacial score (nSPS) is 12.0. The van der Waals surface area contributed by atoms with Crippen LogP contribution >= 0.6 is 0 Å². The van der Waals surface area contributed by atoms with Gasteiger partial charge in [0.05, 0.1) is 11.7 Å². The van der Waals surface area contributed by atoms with E-state index in [-0.39, 0.29) is 35.2 Å². The number of hydrogen-bond acceptors (Lipinski definition) is 7. The molecule has 34 heavy (non-hydrogen) atoms. The lowest BCUT2D eigenvalue weighted by molar-refractivity contribution is 0.0661. The molecule has 0 amide bonds. The van der Waals surface area contributed by atoms with E-state index in [2.05, 4.69) is 0 Å². The van der Waals surface area contributed by atoms with Crippen LogP contribution in [-0.2, 0) is 12.8 Å². The summed E-state index contributed by atoms with van der Waals surface area (Å²) in [6, 6.07) is 6.49. The minimum atomic E-state index is -1.32. The number of carboxylic acid groups (broad SMARTS) is 1. The predicted molar refractivity (Wildman–Crippen MR) is 127 cm³/mol. The number of aromatic carboxylic acids is 1. The van der Waals surface area contributed by atoms with E-state index in [1.807, 2.05) is 13.8 Å². The molecule has 8 nitrogen and oxygen atoms in total. The molecule has 1 atom stereocenters. The number of rotatable bonds is 11. The molecule has 3 N–H and O–H groups in total. The van der Waals surface area contributed by atoms with E-state index >= 15 is 0 Å². The lowest BCUT2D eigenvalue weighted by Crippen LogP contribution is -2.13. The van der Waals surface area contributed by atoms with Gasteiger partial charge in [-0.05, 0) is 50.5 Å². The third-order valence-corrected chi connectivity index (χ3v) is 5.36. The Morgan fingerprint density at radius 2 is 1.74 bits per heavy atom. The third-order valence-electron chi connectivity index (χ3n) is 5.36. The van der Waals surface area contributed by atoms with Gasteiger partial charge in [0.1, 0.15) is 34.8 Å². The molecular weight excluding hydrogens is 440 g/mol. The van der Waals surface area contributed by atoms with Gasteiger partial charge in [-0.15, -0.1) is 0 Å². The van der Waals surface area contributed by atoms with Crippen LogP contribution in [0.25, 0.3) is 11.0 Å². The molecule has 2 aromatic carbocycles. The Balaban J connectivity index is 2.26. The van der Waals surface area contributed by atoms with Gasteiger partial charge in [0.15, 0.2) is 11.5 Å². The summed E-state index contributed by atoms with van der Waals surface area (Å²) in [6.07, 6.45) is 1.78. The fourth-order valence-electron chi connectivity index (χ4n) is 3.84. The number of ether oxygens (including phenoxy) is 2. The minimum Gasteiger partial charge on any atom is -0.507 e. The number of aliphatic hydroxyl groups is 1. The topological polar surface area (TPSA) is 126 Å². The van der Waals surface area contributed by atoms with Crippen LogP contribution in [-0.4, -0.2) is 39.8 Å². The Labute approximate surface area is 197 Å². The first-order valence-corrected chi connectivity index (χ1v) is 11.4. The number of Topliss-reactive ketones (excluding diaryl/α,β-unsaturated/α-hetero) is 1. The Kier molecular flexibility index (Phi) is 7.83. The highest BCUT2D eigenvalue weighted by Crippen LogP contribution is 2.45. The number of aliphatic hydroxyl groups excluding tert-OH is 1. The van der Waals surface area contributed by atoms with Crippen molar-refractivity contribution < 1.29 is 38.8 Å². The van der Waals surface area contributed by atoms with Crippen LogP contribution < -0.4 is 9.47 Å². The number of fused-ring (bicyclic) bond motifs is 1. The molecule has 0 aliphatic carbocycles. The van der Waals surface area contributed by atoms with Gasteiger partial charge >= 0.3 is 5.97 Å². The maximum atomic E-state index is 12.1. The van der Waals surface area contributed by atoms with Gasteiger partial charge in [-0.25, -0.2) is 4.79 Å². The number of furan rings is 1. The van der Waals surface area contributed by atoms with Crippen molar-refractivity contribution in [1.82, 2.24) is 0 Å². The molecule has 0 spiro atoms. The third kappa shape index (κ3) is 5.02. The number of hydrogen-bond donors (Lipinski definition) is 3. The zero-order valence-electron chi connectivity index (χ0n) is 19.8.